The van der Waals surface area contributed by atoms with Gasteiger partial charge < -0.3 is 4.90 Å². The summed E-state index contributed by atoms with van der Waals surface area (Å²) in [4.78, 5) is 14.3. The second-order valence-electron chi connectivity index (χ2n) is 6.30. The second-order valence-corrected chi connectivity index (χ2v) is 8.50. The minimum absolute atomic E-state index is 0.0397. The quantitative estimate of drug-likeness (QED) is 0.821. The molecular weight excluding hydrogens is 372 g/mol. The van der Waals surface area contributed by atoms with Crippen molar-refractivity contribution in [1.29, 1.82) is 0 Å². The van der Waals surface area contributed by atoms with Gasteiger partial charge in [-0.15, -0.1) is 0 Å². The zero-order valence-electron chi connectivity index (χ0n) is 14.3. The van der Waals surface area contributed by atoms with Crippen LogP contribution in [0.4, 0.5) is 0 Å². The molecule has 3 rings (SSSR count). The van der Waals surface area contributed by atoms with Crippen LogP contribution >= 0.6 is 11.6 Å². The molecule has 1 N–H and O–H groups in total. The van der Waals surface area contributed by atoms with Gasteiger partial charge in [0, 0.05) is 30.2 Å². The molecular formula is C19H21ClN2O3S. The van der Waals surface area contributed by atoms with Crippen molar-refractivity contribution in [3.05, 3.63) is 64.7 Å². The lowest BCUT2D eigenvalue weighted by Gasteiger charge is -2.15. The van der Waals surface area contributed by atoms with E-state index in [1.165, 1.54) is 12.1 Å². The van der Waals surface area contributed by atoms with Gasteiger partial charge in [0.1, 0.15) is 0 Å². The van der Waals surface area contributed by atoms with Crippen molar-refractivity contribution < 1.29 is 13.2 Å². The van der Waals surface area contributed by atoms with Gasteiger partial charge in [0.05, 0.1) is 4.90 Å². The van der Waals surface area contributed by atoms with E-state index in [4.69, 9.17) is 11.6 Å². The number of nitrogens with zero attached hydrogens (tertiary/aromatic N) is 1. The van der Waals surface area contributed by atoms with Crippen molar-refractivity contribution in [2.75, 3.05) is 19.6 Å². The fourth-order valence-electron chi connectivity index (χ4n) is 2.94. The van der Waals surface area contributed by atoms with Crippen LogP contribution in [-0.2, 0) is 16.4 Å². The molecule has 0 bridgehead atoms. The van der Waals surface area contributed by atoms with Gasteiger partial charge >= 0.3 is 0 Å². The first-order chi connectivity index (χ1) is 12.5. The molecule has 0 unspecified atom stereocenters. The Labute approximate surface area is 159 Å². The molecule has 2 aromatic carbocycles. The third kappa shape index (κ3) is 4.63. The molecule has 5 nitrogen and oxygen atoms in total. The molecule has 7 heteroatoms. The minimum atomic E-state index is -3.60. The average Bonchev–Trinajstić information content (AvgIpc) is 3.17. The highest BCUT2D eigenvalue weighted by molar-refractivity contribution is 7.89. The number of halogens is 1. The van der Waals surface area contributed by atoms with E-state index < -0.39 is 10.0 Å². The van der Waals surface area contributed by atoms with Crippen molar-refractivity contribution in [1.82, 2.24) is 9.62 Å². The van der Waals surface area contributed by atoms with Crippen molar-refractivity contribution in [2.45, 2.75) is 24.2 Å². The van der Waals surface area contributed by atoms with Crippen LogP contribution in [0.15, 0.2) is 53.4 Å². The number of nitrogens with one attached hydrogen (secondary N) is 1. The Morgan fingerprint density at radius 2 is 1.62 bits per heavy atom. The first kappa shape index (κ1) is 18.9. The molecule has 26 heavy (non-hydrogen) atoms. The first-order valence-electron chi connectivity index (χ1n) is 8.59. The number of carbonyl (C=O) groups is 1. The molecule has 0 aliphatic carbocycles. The highest BCUT2D eigenvalue weighted by Crippen LogP contribution is 2.16. The van der Waals surface area contributed by atoms with Crippen molar-refractivity contribution in [2.24, 2.45) is 0 Å². The Kier molecular flexibility index (Phi) is 5.96. The number of sulfonamides is 1. The summed E-state index contributed by atoms with van der Waals surface area (Å²) >= 11 is 5.84. The van der Waals surface area contributed by atoms with Crippen LogP contribution in [0.1, 0.15) is 28.8 Å². The first-order valence-corrected chi connectivity index (χ1v) is 10.5. The lowest BCUT2D eigenvalue weighted by molar-refractivity contribution is 0.0792. The third-order valence-corrected chi connectivity index (χ3v) is 6.15. The molecule has 1 fully saturated rings. The largest absolute Gasteiger partial charge is 0.339 e. The van der Waals surface area contributed by atoms with Crippen LogP contribution in [0.25, 0.3) is 0 Å². The van der Waals surface area contributed by atoms with Crippen molar-refractivity contribution in [3.8, 4) is 0 Å². The maximum absolute atomic E-state index is 12.4. The summed E-state index contributed by atoms with van der Waals surface area (Å²) in [6.45, 7) is 1.83. The summed E-state index contributed by atoms with van der Waals surface area (Å²) in [6.07, 6.45) is 2.62. The molecule has 0 radical (unpaired) electrons. The molecule has 1 saturated heterocycles. The summed E-state index contributed by atoms with van der Waals surface area (Å²) in [5, 5.41) is 0.651. The molecule has 1 aliphatic rings. The number of hydrogen-bond acceptors (Lipinski definition) is 3. The van der Waals surface area contributed by atoms with Gasteiger partial charge in [-0.1, -0.05) is 23.7 Å². The minimum Gasteiger partial charge on any atom is -0.339 e. The Balaban J connectivity index is 1.59. The number of rotatable bonds is 6. The molecule has 1 aliphatic heterocycles. The van der Waals surface area contributed by atoms with Gasteiger partial charge in [-0.05, 0) is 61.2 Å². The van der Waals surface area contributed by atoms with E-state index in [0.29, 0.717) is 23.6 Å². The Morgan fingerprint density at radius 3 is 2.23 bits per heavy atom. The molecule has 0 aromatic heterocycles. The van der Waals surface area contributed by atoms with E-state index in [9.17, 15) is 13.2 Å². The van der Waals surface area contributed by atoms with Crippen LogP contribution in [0, 0.1) is 0 Å². The van der Waals surface area contributed by atoms with Crippen molar-refractivity contribution in [3.63, 3.8) is 0 Å². The van der Waals surface area contributed by atoms with Crippen LogP contribution in [0.2, 0.25) is 5.02 Å². The number of carbonyl (C=O) groups excluding carboxylic acids is 1. The molecule has 0 spiro atoms. The molecule has 0 atom stereocenters. The highest BCUT2D eigenvalue weighted by Gasteiger charge is 2.20. The fourth-order valence-corrected chi connectivity index (χ4v) is 4.10. The molecule has 2 aromatic rings. The fraction of sp³-hybridized carbons (Fsp3) is 0.316. The van der Waals surface area contributed by atoms with Crippen LogP contribution in [-0.4, -0.2) is 38.9 Å². The van der Waals surface area contributed by atoms with Gasteiger partial charge in [-0.25, -0.2) is 13.1 Å². The zero-order valence-corrected chi connectivity index (χ0v) is 15.9. The third-order valence-electron chi connectivity index (χ3n) is 4.42. The molecule has 1 amide bonds. The topological polar surface area (TPSA) is 66.5 Å². The summed E-state index contributed by atoms with van der Waals surface area (Å²) in [5.74, 6) is -0.0397. The summed E-state index contributed by atoms with van der Waals surface area (Å²) in [5.41, 5.74) is 1.52. The van der Waals surface area contributed by atoms with E-state index >= 15 is 0 Å². The zero-order chi connectivity index (χ0) is 18.6. The SMILES string of the molecule is O=C(c1ccc(S(=O)(=O)NCCc2ccc(Cl)cc2)cc1)N1CCCC1. The number of hydrogen-bond donors (Lipinski definition) is 1. The summed E-state index contributed by atoms with van der Waals surface area (Å²) in [7, 11) is -3.60. The maximum Gasteiger partial charge on any atom is 0.253 e. The Hall–Kier alpha value is -1.89. The summed E-state index contributed by atoms with van der Waals surface area (Å²) in [6, 6.07) is 13.4. The molecule has 0 saturated carbocycles. The van der Waals surface area contributed by atoms with E-state index in [1.54, 1.807) is 29.2 Å². The standard InChI is InChI=1S/C19H21ClN2O3S/c20-17-7-3-15(4-8-17)11-12-21-26(24,25)18-9-5-16(6-10-18)19(23)22-13-1-2-14-22/h3-10,21H,1-2,11-14H2. The predicted octanol–water partition coefficient (Wildman–Crippen LogP) is 3.10. The second kappa shape index (κ2) is 8.20. The summed E-state index contributed by atoms with van der Waals surface area (Å²) < 4.78 is 27.4. The lowest BCUT2D eigenvalue weighted by atomic mass is 10.2. The number of benzene rings is 2. The van der Waals surface area contributed by atoms with Gasteiger partial charge in [0.2, 0.25) is 10.0 Å². The van der Waals surface area contributed by atoms with Crippen LogP contribution < -0.4 is 4.72 Å². The van der Waals surface area contributed by atoms with E-state index in [-0.39, 0.29) is 10.8 Å². The lowest BCUT2D eigenvalue weighted by Crippen LogP contribution is -2.28. The van der Waals surface area contributed by atoms with Gasteiger partial charge in [-0.3, -0.25) is 4.79 Å². The smallest absolute Gasteiger partial charge is 0.253 e. The number of amides is 1. The molecule has 138 valence electrons. The monoisotopic (exact) mass is 392 g/mol. The van der Waals surface area contributed by atoms with Crippen molar-refractivity contribution >= 4 is 27.5 Å². The van der Waals surface area contributed by atoms with Gasteiger partial charge in [0.15, 0.2) is 0 Å². The van der Waals surface area contributed by atoms with E-state index in [2.05, 4.69) is 4.72 Å². The predicted molar refractivity (Wildman–Crippen MR) is 102 cm³/mol. The van der Waals surface area contributed by atoms with Crippen LogP contribution in [0.5, 0.6) is 0 Å². The van der Waals surface area contributed by atoms with E-state index in [1.807, 2.05) is 12.1 Å². The van der Waals surface area contributed by atoms with E-state index in [0.717, 1.165) is 31.5 Å². The number of likely N-dealkylation sites (tertiary alicyclic amines) is 1. The van der Waals surface area contributed by atoms with Crippen LogP contribution in [0.3, 0.4) is 0 Å². The van der Waals surface area contributed by atoms with Gasteiger partial charge in [-0.2, -0.15) is 0 Å². The maximum atomic E-state index is 12.4. The van der Waals surface area contributed by atoms with Gasteiger partial charge in [0.25, 0.3) is 5.91 Å². The average molecular weight is 393 g/mol. The Morgan fingerprint density at radius 1 is 1.00 bits per heavy atom. The normalized spacial score (nSPS) is 14.6. The highest BCUT2D eigenvalue weighted by atomic mass is 35.5. The molecule has 1 heterocycles. The Bertz CT molecular complexity index is 859.